The molecule has 1 aromatic heterocycles. The molecule has 1 heterocycles. The molecule has 0 spiro atoms. The minimum atomic E-state index is 0.710. The number of hydrogen-bond acceptors (Lipinski definition) is 2. The number of nitrogens with one attached hydrogen (secondary N) is 1. The van der Waals surface area contributed by atoms with Gasteiger partial charge in [0.15, 0.2) is 0 Å². The highest BCUT2D eigenvalue weighted by atomic mass is 14.9. The summed E-state index contributed by atoms with van der Waals surface area (Å²) in [6.45, 7) is 5.65. The molecule has 0 fully saturated rings. The molecule has 1 atom stereocenters. The Bertz CT molecular complexity index is 272. The lowest BCUT2D eigenvalue weighted by Crippen LogP contribution is -2.29. The fraction of sp³-hybridized carbons (Fsp3) is 0.667. The molecule has 96 valence electrons. The molecule has 0 saturated heterocycles. The molecule has 0 aliphatic carbocycles. The van der Waals surface area contributed by atoms with Crippen molar-refractivity contribution < 1.29 is 0 Å². The van der Waals surface area contributed by atoms with Gasteiger partial charge in [0.25, 0.3) is 0 Å². The number of aryl methyl sites for hydroxylation is 1. The van der Waals surface area contributed by atoms with Gasteiger partial charge in [0.2, 0.25) is 0 Å². The molecule has 0 amide bonds. The van der Waals surface area contributed by atoms with Crippen molar-refractivity contribution in [2.75, 3.05) is 6.54 Å². The van der Waals surface area contributed by atoms with Gasteiger partial charge in [0, 0.05) is 18.4 Å². The Labute approximate surface area is 106 Å². The molecule has 0 aliphatic heterocycles. The lowest BCUT2D eigenvalue weighted by atomic mass is 10.0. The standard InChI is InChI=1S/C15H26N2/c1-3-6-15(17-11-4-2)8-5-7-14-9-12-16-13-10-14/h9-10,12-13,15,17H,3-8,11H2,1-2H3. The average molecular weight is 234 g/mol. The number of pyridine rings is 1. The third-order valence-electron chi connectivity index (χ3n) is 3.09. The van der Waals surface area contributed by atoms with Crippen LogP contribution in [0.15, 0.2) is 24.5 Å². The van der Waals surface area contributed by atoms with Crippen molar-refractivity contribution in [3.63, 3.8) is 0 Å². The average Bonchev–Trinajstić information content (AvgIpc) is 2.37. The van der Waals surface area contributed by atoms with Crippen molar-refractivity contribution in [1.29, 1.82) is 0 Å². The van der Waals surface area contributed by atoms with Crippen LogP contribution < -0.4 is 5.32 Å². The Morgan fingerprint density at radius 2 is 1.88 bits per heavy atom. The van der Waals surface area contributed by atoms with Gasteiger partial charge in [0.05, 0.1) is 0 Å². The van der Waals surface area contributed by atoms with Gasteiger partial charge in [-0.1, -0.05) is 20.3 Å². The topological polar surface area (TPSA) is 24.9 Å². The van der Waals surface area contributed by atoms with E-state index in [0.29, 0.717) is 6.04 Å². The third kappa shape index (κ3) is 6.42. The van der Waals surface area contributed by atoms with Crippen molar-refractivity contribution in [2.45, 2.75) is 58.4 Å². The summed E-state index contributed by atoms with van der Waals surface area (Å²) >= 11 is 0. The van der Waals surface area contributed by atoms with Crippen molar-refractivity contribution in [2.24, 2.45) is 0 Å². The molecular formula is C15H26N2. The van der Waals surface area contributed by atoms with Crippen molar-refractivity contribution in [3.05, 3.63) is 30.1 Å². The highest BCUT2D eigenvalue weighted by molar-refractivity contribution is 5.09. The van der Waals surface area contributed by atoms with Crippen LogP contribution in [0, 0.1) is 0 Å². The van der Waals surface area contributed by atoms with Crippen LogP contribution in [-0.4, -0.2) is 17.6 Å². The largest absolute Gasteiger partial charge is 0.314 e. The number of rotatable bonds is 9. The fourth-order valence-corrected chi connectivity index (χ4v) is 2.15. The molecular weight excluding hydrogens is 208 g/mol. The van der Waals surface area contributed by atoms with Gasteiger partial charge in [-0.05, 0) is 56.3 Å². The van der Waals surface area contributed by atoms with Gasteiger partial charge >= 0.3 is 0 Å². The normalized spacial score (nSPS) is 12.6. The molecule has 0 aliphatic rings. The Morgan fingerprint density at radius 3 is 2.53 bits per heavy atom. The Hall–Kier alpha value is -0.890. The molecule has 17 heavy (non-hydrogen) atoms. The summed E-state index contributed by atoms with van der Waals surface area (Å²) in [4.78, 5) is 4.05. The zero-order chi connectivity index (χ0) is 12.3. The number of hydrogen-bond donors (Lipinski definition) is 1. The summed E-state index contributed by atoms with van der Waals surface area (Å²) in [5.41, 5.74) is 1.41. The quantitative estimate of drug-likeness (QED) is 0.706. The maximum absolute atomic E-state index is 4.05. The van der Waals surface area contributed by atoms with E-state index >= 15 is 0 Å². The Morgan fingerprint density at radius 1 is 1.12 bits per heavy atom. The number of aromatic nitrogens is 1. The molecule has 2 nitrogen and oxygen atoms in total. The van der Waals surface area contributed by atoms with Crippen LogP contribution in [0.2, 0.25) is 0 Å². The summed E-state index contributed by atoms with van der Waals surface area (Å²) in [7, 11) is 0. The molecule has 1 rings (SSSR count). The summed E-state index contributed by atoms with van der Waals surface area (Å²) < 4.78 is 0. The second-order valence-electron chi connectivity index (χ2n) is 4.69. The SMILES string of the molecule is CCCNC(CCC)CCCc1ccncc1. The van der Waals surface area contributed by atoms with Crippen molar-refractivity contribution in [3.8, 4) is 0 Å². The van der Waals surface area contributed by atoms with E-state index in [4.69, 9.17) is 0 Å². The van der Waals surface area contributed by atoms with Gasteiger partial charge in [0.1, 0.15) is 0 Å². The maximum atomic E-state index is 4.05. The maximum Gasteiger partial charge on any atom is 0.0270 e. The van der Waals surface area contributed by atoms with Gasteiger partial charge in [-0.15, -0.1) is 0 Å². The molecule has 1 N–H and O–H groups in total. The summed E-state index contributed by atoms with van der Waals surface area (Å²) in [5, 5.41) is 3.64. The van der Waals surface area contributed by atoms with Crippen LogP contribution in [0.5, 0.6) is 0 Å². The molecule has 0 radical (unpaired) electrons. The highest BCUT2D eigenvalue weighted by Crippen LogP contribution is 2.09. The van der Waals surface area contributed by atoms with Gasteiger partial charge < -0.3 is 5.32 Å². The van der Waals surface area contributed by atoms with E-state index in [9.17, 15) is 0 Å². The van der Waals surface area contributed by atoms with Crippen LogP contribution in [-0.2, 0) is 6.42 Å². The van der Waals surface area contributed by atoms with E-state index in [-0.39, 0.29) is 0 Å². The van der Waals surface area contributed by atoms with Gasteiger partial charge in [-0.2, -0.15) is 0 Å². The molecule has 1 aromatic rings. The minimum absolute atomic E-state index is 0.710. The predicted molar refractivity (Wildman–Crippen MR) is 74.2 cm³/mol. The van der Waals surface area contributed by atoms with E-state index < -0.39 is 0 Å². The lowest BCUT2D eigenvalue weighted by molar-refractivity contribution is 0.438. The fourth-order valence-electron chi connectivity index (χ4n) is 2.15. The van der Waals surface area contributed by atoms with Crippen molar-refractivity contribution in [1.82, 2.24) is 10.3 Å². The third-order valence-corrected chi connectivity index (χ3v) is 3.09. The lowest BCUT2D eigenvalue weighted by Gasteiger charge is -2.17. The zero-order valence-electron chi connectivity index (χ0n) is 11.3. The monoisotopic (exact) mass is 234 g/mol. The van der Waals surface area contributed by atoms with E-state index in [2.05, 4.69) is 36.3 Å². The molecule has 2 heteroatoms. The molecule has 0 aromatic carbocycles. The summed E-state index contributed by atoms with van der Waals surface area (Å²) in [6.07, 6.45) is 11.3. The summed E-state index contributed by atoms with van der Waals surface area (Å²) in [6, 6.07) is 4.95. The molecule has 0 bridgehead atoms. The molecule has 0 saturated carbocycles. The number of nitrogens with zero attached hydrogens (tertiary/aromatic N) is 1. The highest BCUT2D eigenvalue weighted by Gasteiger charge is 2.05. The van der Waals surface area contributed by atoms with Crippen molar-refractivity contribution >= 4 is 0 Å². The second-order valence-corrected chi connectivity index (χ2v) is 4.69. The summed E-state index contributed by atoms with van der Waals surface area (Å²) in [5.74, 6) is 0. The van der Waals surface area contributed by atoms with E-state index in [1.165, 1.54) is 44.1 Å². The van der Waals surface area contributed by atoms with Crippen LogP contribution in [0.25, 0.3) is 0 Å². The second kappa shape index (κ2) is 9.17. The molecule has 1 unspecified atom stereocenters. The minimum Gasteiger partial charge on any atom is -0.314 e. The van der Waals surface area contributed by atoms with Gasteiger partial charge in [-0.3, -0.25) is 4.98 Å². The first-order valence-corrected chi connectivity index (χ1v) is 6.99. The van der Waals surface area contributed by atoms with Gasteiger partial charge in [-0.25, -0.2) is 0 Å². The predicted octanol–water partition coefficient (Wildman–Crippen LogP) is 3.57. The van der Waals surface area contributed by atoms with E-state index in [1.54, 1.807) is 0 Å². The van der Waals surface area contributed by atoms with Crippen LogP contribution in [0.4, 0.5) is 0 Å². The Kier molecular flexibility index (Phi) is 7.65. The smallest absolute Gasteiger partial charge is 0.0270 e. The first-order chi connectivity index (χ1) is 8.36. The van der Waals surface area contributed by atoms with Crippen LogP contribution >= 0.6 is 0 Å². The first kappa shape index (κ1) is 14.2. The Balaban J connectivity index is 2.22. The first-order valence-electron chi connectivity index (χ1n) is 6.99. The van der Waals surface area contributed by atoms with Crippen LogP contribution in [0.1, 0.15) is 51.5 Å². The van der Waals surface area contributed by atoms with Crippen LogP contribution in [0.3, 0.4) is 0 Å². The van der Waals surface area contributed by atoms with E-state index in [1.807, 2.05) is 12.4 Å². The zero-order valence-corrected chi connectivity index (χ0v) is 11.3. The van der Waals surface area contributed by atoms with E-state index in [0.717, 1.165) is 6.54 Å².